The third-order valence-corrected chi connectivity index (χ3v) is 7.16. The van der Waals surface area contributed by atoms with Crippen LogP contribution in [0.1, 0.15) is 36.8 Å². The summed E-state index contributed by atoms with van der Waals surface area (Å²) in [5.74, 6) is -0.288. The number of hydrogen-bond donors (Lipinski definition) is 1. The molecular weight excluding hydrogens is 518 g/mol. The lowest BCUT2D eigenvalue weighted by Crippen LogP contribution is -2.25. The summed E-state index contributed by atoms with van der Waals surface area (Å²) < 4.78 is 24.0. The van der Waals surface area contributed by atoms with Crippen molar-refractivity contribution in [1.82, 2.24) is 4.57 Å². The number of aliphatic hydroxyl groups excluding tert-OH is 1. The predicted octanol–water partition coefficient (Wildman–Crippen LogP) is 5.11. The highest BCUT2D eigenvalue weighted by Gasteiger charge is 2.42. The lowest BCUT2D eigenvalue weighted by Gasteiger charge is -2.30. The highest BCUT2D eigenvalue weighted by Crippen LogP contribution is 2.49. The van der Waals surface area contributed by atoms with Gasteiger partial charge < -0.3 is 28.6 Å². The van der Waals surface area contributed by atoms with Gasteiger partial charge >= 0.3 is 5.97 Å². The van der Waals surface area contributed by atoms with Crippen molar-refractivity contribution in [1.29, 1.82) is 0 Å². The molecule has 0 aliphatic carbocycles. The van der Waals surface area contributed by atoms with E-state index in [9.17, 15) is 4.79 Å². The average molecular weight is 556 g/mol. The zero-order chi connectivity index (χ0) is 27.7. The van der Waals surface area contributed by atoms with Gasteiger partial charge in [0.1, 0.15) is 6.61 Å². The van der Waals surface area contributed by atoms with Crippen LogP contribution in [0, 0.1) is 5.41 Å². The summed E-state index contributed by atoms with van der Waals surface area (Å²) in [5, 5.41) is 9.34. The third kappa shape index (κ3) is 7.71. The summed E-state index contributed by atoms with van der Waals surface area (Å²) in [6, 6.07) is 20.6. The zero-order valence-corrected chi connectivity index (χ0v) is 23.5. The molecule has 1 N–H and O–H groups in total. The average Bonchev–Trinajstić information content (AvgIpc) is 3.38. The van der Waals surface area contributed by atoms with Gasteiger partial charge in [-0.2, -0.15) is 0 Å². The molecule has 0 spiro atoms. The van der Waals surface area contributed by atoms with Gasteiger partial charge in [0.15, 0.2) is 0 Å². The standard InChI is InChI=1S/C31H38ClNO6/c1-31(2)22-26-20-27(23-8-10-25(32)11-9-23)28(33(26)30(31)24-6-4-3-5-7-24)21-29(35)39-19-18-38-17-16-37-15-14-36-13-12-34/h3-11,20,30,34H,12-19,21-22H2,1-2H3. The molecule has 1 aliphatic rings. The molecule has 7 nitrogen and oxygen atoms in total. The first kappa shape index (κ1) is 29.3. The highest BCUT2D eigenvalue weighted by molar-refractivity contribution is 6.30. The second-order valence-electron chi connectivity index (χ2n) is 10.3. The molecular formula is C31H38ClNO6. The summed E-state index contributed by atoms with van der Waals surface area (Å²) in [6.07, 6.45) is 1.07. The minimum Gasteiger partial charge on any atom is -0.463 e. The molecule has 0 amide bonds. The molecule has 1 aliphatic heterocycles. The van der Waals surface area contributed by atoms with Gasteiger partial charge in [0, 0.05) is 22.0 Å². The topological polar surface area (TPSA) is 79.2 Å². The maximum Gasteiger partial charge on any atom is 0.311 e. The Hall–Kier alpha value is -2.68. The Kier molecular flexibility index (Phi) is 10.6. The molecule has 1 atom stereocenters. The Balaban J connectivity index is 1.41. The summed E-state index contributed by atoms with van der Waals surface area (Å²) in [7, 11) is 0. The zero-order valence-electron chi connectivity index (χ0n) is 22.7. The van der Waals surface area contributed by atoms with E-state index in [0.29, 0.717) is 44.7 Å². The number of benzene rings is 2. The van der Waals surface area contributed by atoms with E-state index in [1.807, 2.05) is 30.3 Å². The molecule has 2 heterocycles. The van der Waals surface area contributed by atoms with Crippen LogP contribution in [0.25, 0.3) is 11.1 Å². The number of hydrogen-bond acceptors (Lipinski definition) is 6. The van der Waals surface area contributed by atoms with Crippen LogP contribution in [0.15, 0.2) is 60.7 Å². The lowest BCUT2D eigenvalue weighted by atomic mass is 9.79. The van der Waals surface area contributed by atoms with Gasteiger partial charge in [-0.05, 0) is 41.2 Å². The van der Waals surface area contributed by atoms with Crippen LogP contribution >= 0.6 is 11.6 Å². The number of fused-ring (bicyclic) bond motifs is 1. The van der Waals surface area contributed by atoms with Crippen molar-refractivity contribution in [3.8, 4) is 11.1 Å². The van der Waals surface area contributed by atoms with E-state index in [4.69, 9.17) is 35.7 Å². The first-order valence-electron chi connectivity index (χ1n) is 13.4. The maximum absolute atomic E-state index is 13.0. The minimum absolute atomic E-state index is 0.00283. The van der Waals surface area contributed by atoms with Crippen molar-refractivity contribution in [3.05, 3.63) is 82.6 Å². The van der Waals surface area contributed by atoms with E-state index >= 15 is 0 Å². The van der Waals surface area contributed by atoms with Gasteiger partial charge in [-0.3, -0.25) is 4.79 Å². The number of ether oxygens (including phenoxy) is 4. The minimum atomic E-state index is -0.288. The van der Waals surface area contributed by atoms with Gasteiger partial charge in [-0.1, -0.05) is 67.9 Å². The molecule has 0 saturated carbocycles. The number of halogens is 1. The normalized spacial score (nSPS) is 15.8. The fraction of sp³-hybridized carbons (Fsp3) is 0.452. The second kappa shape index (κ2) is 14.1. The number of esters is 1. The van der Waals surface area contributed by atoms with Gasteiger partial charge in [0.2, 0.25) is 0 Å². The van der Waals surface area contributed by atoms with E-state index < -0.39 is 0 Å². The van der Waals surface area contributed by atoms with Crippen LogP contribution in [0.5, 0.6) is 0 Å². The molecule has 8 heteroatoms. The molecule has 2 aromatic carbocycles. The summed E-state index contributed by atoms with van der Waals surface area (Å²) in [4.78, 5) is 13.0. The molecule has 1 unspecified atom stereocenters. The molecule has 4 rings (SSSR count). The first-order chi connectivity index (χ1) is 18.9. The molecule has 39 heavy (non-hydrogen) atoms. The van der Waals surface area contributed by atoms with Crippen molar-refractivity contribution in [2.45, 2.75) is 32.7 Å². The van der Waals surface area contributed by atoms with Gasteiger partial charge in [-0.25, -0.2) is 0 Å². The Bertz CT molecular complexity index is 1190. The van der Waals surface area contributed by atoms with E-state index in [-0.39, 0.29) is 37.1 Å². The Labute approximate surface area is 235 Å². The van der Waals surface area contributed by atoms with Crippen molar-refractivity contribution in [2.75, 3.05) is 52.9 Å². The Morgan fingerprint density at radius 3 is 2.18 bits per heavy atom. The number of nitrogens with zero attached hydrogens (tertiary/aromatic N) is 1. The van der Waals surface area contributed by atoms with Crippen LogP contribution in [0.2, 0.25) is 5.02 Å². The van der Waals surface area contributed by atoms with Crippen LogP contribution in [-0.4, -0.2) is 68.5 Å². The SMILES string of the molecule is CC1(C)Cc2cc(-c3ccc(Cl)cc3)c(CC(=O)OCCOCCOCCOCCO)n2C1c1ccccc1. The molecule has 0 bridgehead atoms. The number of aromatic nitrogens is 1. The molecule has 1 aromatic heterocycles. The number of aliphatic hydroxyl groups is 1. The summed E-state index contributed by atoms with van der Waals surface area (Å²) >= 11 is 6.16. The molecule has 3 aromatic rings. The monoisotopic (exact) mass is 555 g/mol. The van der Waals surface area contributed by atoms with Crippen LogP contribution < -0.4 is 0 Å². The number of carbonyl (C=O) groups is 1. The quantitative estimate of drug-likeness (QED) is 0.207. The molecule has 0 radical (unpaired) electrons. The molecule has 0 saturated heterocycles. The molecule has 210 valence electrons. The van der Waals surface area contributed by atoms with E-state index in [0.717, 1.165) is 23.2 Å². The Morgan fingerprint density at radius 1 is 0.923 bits per heavy atom. The summed E-state index contributed by atoms with van der Waals surface area (Å²) in [5.41, 5.74) is 5.45. The summed E-state index contributed by atoms with van der Waals surface area (Å²) in [6.45, 7) is 7.05. The maximum atomic E-state index is 13.0. The predicted molar refractivity (Wildman–Crippen MR) is 151 cm³/mol. The number of rotatable bonds is 15. The largest absolute Gasteiger partial charge is 0.463 e. The molecule has 0 fully saturated rings. The van der Waals surface area contributed by atoms with Gasteiger partial charge in [0.05, 0.1) is 58.7 Å². The van der Waals surface area contributed by atoms with Crippen molar-refractivity contribution >= 4 is 17.6 Å². The lowest BCUT2D eigenvalue weighted by molar-refractivity contribution is -0.144. The Morgan fingerprint density at radius 2 is 1.54 bits per heavy atom. The third-order valence-electron chi connectivity index (χ3n) is 6.91. The van der Waals surface area contributed by atoms with Crippen molar-refractivity contribution < 1.29 is 28.8 Å². The van der Waals surface area contributed by atoms with Crippen molar-refractivity contribution in [3.63, 3.8) is 0 Å². The number of carbonyl (C=O) groups excluding carboxylic acids is 1. The van der Waals surface area contributed by atoms with E-state index in [2.05, 4.69) is 48.7 Å². The van der Waals surface area contributed by atoms with E-state index in [1.54, 1.807) is 0 Å². The first-order valence-corrected chi connectivity index (χ1v) is 13.8. The highest BCUT2D eigenvalue weighted by atomic mass is 35.5. The van der Waals surface area contributed by atoms with Crippen LogP contribution in [-0.2, 0) is 36.6 Å². The van der Waals surface area contributed by atoms with Crippen LogP contribution in [0.4, 0.5) is 0 Å². The van der Waals surface area contributed by atoms with E-state index in [1.165, 1.54) is 11.3 Å². The van der Waals surface area contributed by atoms with Crippen LogP contribution in [0.3, 0.4) is 0 Å². The van der Waals surface area contributed by atoms with Crippen molar-refractivity contribution in [2.24, 2.45) is 5.41 Å². The second-order valence-corrected chi connectivity index (χ2v) is 10.7. The van der Waals surface area contributed by atoms with Gasteiger partial charge in [0.25, 0.3) is 0 Å². The fourth-order valence-corrected chi connectivity index (χ4v) is 5.42. The fourth-order valence-electron chi connectivity index (χ4n) is 5.30. The smallest absolute Gasteiger partial charge is 0.311 e. The van der Waals surface area contributed by atoms with Gasteiger partial charge in [-0.15, -0.1) is 0 Å².